The van der Waals surface area contributed by atoms with E-state index < -0.39 is 42.9 Å². The normalized spacial score (nSPS) is 21.5. The van der Waals surface area contributed by atoms with Gasteiger partial charge in [0.15, 0.2) is 9.84 Å². The molecule has 0 unspecified atom stereocenters. The van der Waals surface area contributed by atoms with E-state index in [0.717, 1.165) is 16.7 Å². The molecule has 254 valence electrons. The third kappa shape index (κ3) is 7.13. The fraction of sp³-hybridized carbons (Fsp3) is 0.471. The number of sulfonamides is 1. The lowest BCUT2D eigenvalue weighted by molar-refractivity contribution is -0.0312. The molecule has 1 aliphatic carbocycles. The lowest BCUT2D eigenvalue weighted by Gasteiger charge is -2.38. The highest BCUT2D eigenvalue weighted by Crippen LogP contribution is 2.46. The monoisotopic (exact) mass is 685 g/mol. The van der Waals surface area contributed by atoms with Gasteiger partial charge in [-0.1, -0.05) is 42.5 Å². The summed E-state index contributed by atoms with van der Waals surface area (Å²) in [6.45, 7) is 1.43. The second-order valence-corrected chi connectivity index (χ2v) is 17.2. The Hall–Kier alpha value is -2.88. The number of piperidine rings is 1. The van der Waals surface area contributed by atoms with E-state index in [1.807, 2.05) is 30.3 Å². The van der Waals surface area contributed by atoms with Gasteiger partial charge in [-0.3, -0.25) is 0 Å². The van der Waals surface area contributed by atoms with Crippen LogP contribution in [0.25, 0.3) is 11.1 Å². The van der Waals surface area contributed by atoms with Crippen molar-refractivity contribution in [3.05, 3.63) is 78.4 Å². The number of rotatable bonds is 13. The Bertz CT molecular complexity index is 1770. The quantitative estimate of drug-likeness (QED) is 0.210. The third-order valence-corrected chi connectivity index (χ3v) is 14.2. The highest BCUT2D eigenvalue weighted by atomic mass is 32.2. The Balaban J connectivity index is 0.974. The predicted molar refractivity (Wildman–Crippen MR) is 177 cm³/mol. The molecule has 47 heavy (non-hydrogen) atoms. The summed E-state index contributed by atoms with van der Waals surface area (Å²) in [5.74, 6) is 0.330. The number of aliphatic hydroxyl groups is 2. The lowest BCUT2D eigenvalue weighted by Crippen LogP contribution is -2.47. The van der Waals surface area contributed by atoms with E-state index in [1.165, 1.54) is 16.4 Å². The minimum absolute atomic E-state index is 0.00293. The van der Waals surface area contributed by atoms with Gasteiger partial charge >= 0.3 is 0 Å². The van der Waals surface area contributed by atoms with E-state index in [9.17, 15) is 27.0 Å². The Morgan fingerprint density at radius 1 is 0.936 bits per heavy atom. The van der Waals surface area contributed by atoms with Crippen LogP contribution in [0, 0.1) is 0 Å². The fourth-order valence-electron chi connectivity index (χ4n) is 6.46. The van der Waals surface area contributed by atoms with Crippen molar-refractivity contribution in [2.24, 2.45) is 5.73 Å². The van der Waals surface area contributed by atoms with Gasteiger partial charge in [0, 0.05) is 32.2 Å². The summed E-state index contributed by atoms with van der Waals surface area (Å²) in [4.78, 5) is 0.367. The number of hydrogen-bond donors (Lipinski definition) is 4. The molecule has 3 aliphatic rings. The summed E-state index contributed by atoms with van der Waals surface area (Å²) in [5.41, 5.74) is 8.05. The van der Waals surface area contributed by atoms with Gasteiger partial charge in [0.25, 0.3) is 0 Å². The van der Waals surface area contributed by atoms with Crippen LogP contribution < -0.4 is 15.8 Å². The molecule has 1 spiro atoms. The van der Waals surface area contributed by atoms with Crippen LogP contribution in [0.3, 0.4) is 0 Å². The van der Waals surface area contributed by atoms with E-state index in [4.69, 9.17) is 15.2 Å². The molecule has 11 nitrogen and oxygen atoms in total. The number of hydrogen-bond acceptors (Lipinski definition) is 10. The van der Waals surface area contributed by atoms with Crippen molar-refractivity contribution in [2.75, 3.05) is 39.5 Å². The maximum atomic E-state index is 13.6. The Morgan fingerprint density at radius 2 is 1.64 bits per heavy atom. The predicted octanol–water partition coefficient (Wildman–Crippen LogP) is 2.45. The number of benzene rings is 3. The molecular weight excluding hydrogens is 643 g/mol. The van der Waals surface area contributed by atoms with Crippen molar-refractivity contribution in [1.82, 2.24) is 9.62 Å². The molecule has 2 saturated heterocycles. The van der Waals surface area contributed by atoms with Crippen molar-refractivity contribution in [2.45, 2.75) is 70.9 Å². The first-order chi connectivity index (χ1) is 22.5. The second-order valence-electron chi connectivity index (χ2n) is 12.9. The lowest BCUT2D eigenvalue weighted by atomic mass is 9.88. The van der Waals surface area contributed by atoms with Crippen LogP contribution >= 0.6 is 0 Å². The zero-order valence-electron chi connectivity index (χ0n) is 26.3. The summed E-state index contributed by atoms with van der Waals surface area (Å²) < 4.78 is 65.3. The van der Waals surface area contributed by atoms with E-state index in [1.54, 1.807) is 30.3 Å². The van der Waals surface area contributed by atoms with Crippen molar-refractivity contribution in [3.63, 3.8) is 0 Å². The minimum Gasteiger partial charge on any atom is -0.491 e. The van der Waals surface area contributed by atoms with Gasteiger partial charge in [-0.2, -0.15) is 4.31 Å². The average Bonchev–Trinajstić information content (AvgIpc) is 3.83. The number of nitrogens with one attached hydrogen (secondary N) is 1. The first kappa shape index (κ1) is 34.0. The number of ether oxygens (including phenoxy) is 2. The molecular formula is C34H43N3O8S2. The van der Waals surface area contributed by atoms with E-state index >= 15 is 0 Å². The first-order valence-electron chi connectivity index (χ1n) is 16.0. The van der Waals surface area contributed by atoms with E-state index in [-0.39, 0.29) is 29.0 Å². The van der Waals surface area contributed by atoms with Gasteiger partial charge in [-0.15, -0.1) is 0 Å². The highest BCUT2D eigenvalue weighted by molar-refractivity contribution is 7.93. The van der Waals surface area contributed by atoms with Crippen LogP contribution in [0.4, 0.5) is 0 Å². The summed E-state index contributed by atoms with van der Waals surface area (Å²) in [5, 5.41) is 23.5. The van der Waals surface area contributed by atoms with Crippen LogP contribution in [0.1, 0.15) is 37.7 Å². The molecule has 2 aliphatic heterocycles. The molecule has 3 aromatic rings. The molecule has 5 N–H and O–H groups in total. The van der Waals surface area contributed by atoms with Gasteiger partial charge in [0.1, 0.15) is 18.5 Å². The Morgan fingerprint density at radius 3 is 2.32 bits per heavy atom. The van der Waals surface area contributed by atoms with Crippen LogP contribution in [0.2, 0.25) is 0 Å². The van der Waals surface area contributed by atoms with Gasteiger partial charge in [-0.25, -0.2) is 16.8 Å². The molecule has 13 heteroatoms. The number of nitrogens with two attached hydrogens (primary N) is 1. The molecule has 2 atom stereocenters. The Kier molecular flexibility index (Phi) is 9.81. The zero-order valence-corrected chi connectivity index (χ0v) is 27.9. The van der Waals surface area contributed by atoms with Crippen LogP contribution in [-0.4, -0.2) is 93.3 Å². The van der Waals surface area contributed by atoms with Crippen LogP contribution in [0.5, 0.6) is 5.75 Å². The van der Waals surface area contributed by atoms with E-state index in [0.29, 0.717) is 64.1 Å². The number of aliphatic hydroxyl groups excluding tert-OH is 2. The van der Waals surface area contributed by atoms with Crippen molar-refractivity contribution in [3.8, 4) is 16.9 Å². The molecule has 0 amide bonds. The van der Waals surface area contributed by atoms with Crippen molar-refractivity contribution in [1.29, 1.82) is 0 Å². The van der Waals surface area contributed by atoms with Crippen LogP contribution in [-0.2, 0) is 31.1 Å². The van der Waals surface area contributed by atoms with Crippen molar-refractivity contribution < 1.29 is 36.5 Å². The first-order valence-corrected chi connectivity index (χ1v) is 18.9. The fourth-order valence-corrected chi connectivity index (χ4v) is 9.79. The third-order valence-electron chi connectivity index (χ3n) is 9.70. The molecule has 0 radical (unpaired) electrons. The molecule has 1 saturated carbocycles. The smallest absolute Gasteiger partial charge is 0.243 e. The number of sulfone groups is 1. The minimum atomic E-state index is -3.68. The summed E-state index contributed by atoms with van der Waals surface area (Å²) in [7, 11) is -7.35. The molecule has 6 rings (SSSR count). The largest absolute Gasteiger partial charge is 0.491 e. The van der Waals surface area contributed by atoms with Gasteiger partial charge < -0.3 is 30.7 Å². The summed E-state index contributed by atoms with van der Waals surface area (Å²) in [6, 6.07) is 21.0. The highest BCUT2D eigenvalue weighted by Gasteiger charge is 2.54. The molecule has 3 fully saturated rings. The average molecular weight is 686 g/mol. The SMILES string of the molecule is NCc1ccc(-c2cccc(S(=O)(=O)N3CCC4(CC3)C[C@H](NC[C@H](O)COc3cccc(S(=O)(=O)C5(CO)CC5)c3)CO4)c2)cc1. The molecule has 2 heterocycles. The van der Waals surface area contributed by atoms with Gasteiger partial charge in [0.05, 0.1) is 33.4 Å². The molecule has 0 aromatic heterocycles. The standard InChI is InChI=1S/C34H43N3O8S2/c35-20-25-7-9-26(10-8-25)27-3-1-6-32(17-27)47(42,43)37-15-13-33(14-16-37)19-28(22-45-33)36-21-29(39)23-44-30-4-2-5-31(18-30)46(40,41)34(24-38)11-12-34/h1-10,17-18,28-29,36,38-39H,11-16,19-24,35H2/t28-,29-/m0/s1. The van der Waals surface area contributed by atoms with Gasteiger partial charge in [-0.05, 0) is 79.1 Å². The molecule has 0 bridgehead atoms. The summed E-state index contributed by atoms with van der Waals surface area (Å²) >= 11 is 0. The summed E-state index contributed by atoms with van der Waals surface area (Å²) in [6.07, 6.45) is 1.88. The maximum Gasteiger partial charge on any atom is 0.243 e. The Labute approximate surface area is 276 Å². The van der Waals surface area contributed by atoms with Crippen LogP contribution in [0.15, 0.2) is 82.6 Å². The topological polar surface area (TPSA) is 168 Å². The molecule has 3 aromatic carbocycles. The number of nitrogens with zero attached hydrogens (tertiary/aromatic N) is 1. The second kappa shape index (κ2) is 13.6. The van der Waals surface area contributed by atoms with Crippen molar-refractivity contribution >= 4 is 19.9 Å². The van der Waals surface area contributed by atoms with Gasteiger partial charge in [0.2, 0.25) is 10.0 Å². The zero-order chi connectivity index (χ0) is 33.3. The van der Waals surface area contributed by atoms with E-state index in [2.05, 4.69) is 5.32 Å². The maximum absolute atomic E-state index is 13.6.